The fraction of sp³-hybridized carbons (Fsp3) is 0.786. The Labute approximate surface area is 110 Å². The SMILES string of the molecule is CN(CCCC1CCCNC1)Cc1cnn(C)c1. The van der Waals surface area contributed by atoms with Gasteiger partial charge < -0.3 is 10.2 Å². The van der Waals surface area contributed by atoms with Crippen molar-refractivity contribution in [3.05, 3.63) is 18.0 Å². The van der Waals surface area contributed by atoms with Gasteiger partial charge in [-0.2, -0.15) is 5.10 Å². The highest BCUT2D eigenvalue weighted by Crippen LogP contribution is 2.16. The van der Waals surface area contributed by atoms with Gasteiger partial charge in [0.15, 0.2) is 0 Å². The highest BCUT2D eigenvalue weighted by atomic mass is 15.2. The summed E-state index contributed by atoms with van der Waals surface area (Å²) in [6.07, 6.45) is 9.51. The molecule has 0 saturated carbocycles. The molecule has 1 unspecified atom stereocenters. The predicted molar refractivity (Wildman–Crippen MR) is 74.4 cm³/mol. The summed E-state index contributed by atoms with van der Waals surface area (Å²) in [7, 11) is 4.17. The van der Waals surface area contributed by atoms with Crippen molar-refractivity contribution in [2.75, 3.05) is 26.7 Å². The average Bonchev–Trinajstić information content (AvgIpc) is 2.76. The summed E-state index contributed by atoms with van der Waals surface area (Å²) in [4.78, 5) is 2.40. The zero-order valence-corrected chi connectivity index (χ0v) is 11.7. The summed E-state index contributed by atoms with van der Waals surface area (Å²) in [5.41, 5.74) is 1.30. The molecule has 0 aliphatic carbocycles. The van der Waals surface area contributed by atoms with Crippen LogP contribution >= 0.6 is 0 Å². The molecule has 0 bridgehead atoms. The first-order valence-corrected chi connectivity index (χ1v) is 7.11. The van der Waals surface area contributed by atoms with Crippen LogP contribution in [0.25, 0.3) is 0 Å². The Hall–Kier alpha value is -0.870. The molecule has 1 atom stereocenters. The molecule has 102 valence electrons. The number of hydrogen-bond acceptors (Lipinski definition) is 3. The highest BCUT2D eigenvalue weighted by molar-refractivity contribution is 5.02. The van der Waals surface area contributed by atoms with Crippen LogP contribution in [0.4, 0.5) is 0 Å². The monoisotopic (exact) mass is 250 g/mol. The molecule has 0 spiro atoms. The molecule has 1 N–H and O–H groups in total. The van der Waals surface area contributed by atoms with E-state index in [2.05, 4.69) is 28.6 Å². The Morgan fingerprint density at radius 2 is 2.44 bits per heavy atom. The fourth-order valence-electron chi connectivity index (χ4n) is 2.76. The first-order valence-electron chi connectivity index (χ1n) is 7.11. The first-order chi connectivity index (χ1) is 8.74. The molecule has 4 nitrogen and oxygen atoms in total. The smallest absolute Gasteiger partial charge is 0.0534 e. The van der Waals surface area contributed by atoms with Gasteiger partial charge in [-0.25, -0.2) is 0 Å². The van der Waals surface area contributed by atoms with Gasteiger partial charge in [-0.3, -0.25) is 4.68 Å². The van der Waals surface area contributed by atoms with E-state index in [0.717, 1.165) is 12.5 Å². The van der Waals surface area contributed by atoms with Gasteiger partial charge in [0.2, 0.25) is 0 Å². The third-order valence-electron chi connectivity index (χ3n) is 3.76. The summed E-state index contributed by atoms with van der Waals surface area (Å²) < 4.78 is 1.87. The van der Waals surface area contributed by atoms with Gasteiger partial charge in [0.25, 0.3) is 0 Å². The lowest BCUT2D eigenvalue weighted by atomic mass is 9.95. The fourth-order valence-corrected chi connectivity index (χ4v) is 2.76. The van der Waals surface area contributed by atoms with E-state index in [1.165, 1.54) is 50.9 Å². The molecule has 0 aromatic carbocycles. The summed E-state index contributed by atoms with van der Waals surface area (Å²) >= 11 is 0. The number of nitrogens with one attached hydrogen (secondary N) is 1. The van der Waals surface area contributed by atoms with E-state index in [0.29, 0.717) is 0 Å². The number of nitrogens with zero attached hydrogens (tertiary/aromatic N) is 3. The van der Waals surface area contributed by atoms with Crippen molar-refractivity contribution < 1.29 is 0 Å². The van der Waals surface area contributed by atoms with E-state index in [1.807, 2.05) is 17.9 Å². The van der Waals surface area contributed by atoms with Crippen molar-refractivity contribution in [3.63, 3.8) is 0 Å². The van der Waals surface area contributed by atoms with Gasteiger partial charge in [0.05, 0.1) is 6.20 Å². The molecule has 1 aromatic rings. The molecular weight excluding hydrogens is 224 g/mol. The van der Waals surface area contributed by atoms with E-state index >= 15 is 0 Å². The summed E-state index contributed by atoms with van der Waals surface area (Å²) in [5, 5.41) is 7.70. The van der Waals surface area contributed by atoms with E-state index in [1.54, 1.807) is 0 Å². The number of hydrogen-bond donors (Lipinski definition) is 1. The van der Waals surface area contributed by atoms with Gasteiger partial charge >= 0.3 is 0 Å². The molecule has 0 amide bonds. The maximum absolute atomic E-state index is 4.21. The van der Waals surface area contributed by atoms with Crippen molar-refractivity contribution in [1.82, 2.24) is 20.0 Å². The Morgan fingerprint density at radius 3 is 3.11 bits per heavy atom. The minimum atomic E-state index is 0.908. The zero-order valence-electron chi connectivity index (χ0n) is 11.7. The Bertz CT molecular complexity index is 341. The second kappa shape index (κ2) is 6.90. The molecule has 1 aliphatic heterocycles. The van der Waals surface area contributed by atoms with Crippen LogP contribution in [0, 0.1) is 5.92 Å². The minimum absolute atomic E-state index is 0.908. The number of aromatic nitrogens is 2. The second-order valence-corrected chi connectivity index (χ2v) is 5.61. The van der Waals surface area contributed by atoms with Crippen LogP contribution in [0.2, 0.25) is 0 Å². The molecule has 18 heavy (non-hydrogen) atoms. The van der Waals surface area contributed by atoms with Crippen LogP contribution in [0.3, 0.4) is 0 Å². The van der Waals surface area contributed by atoms with Gasteiger partial charge in [-0.05, 0) is 58.3 Å². The normalized spacial score (nSPS) is 20.5. The molecule has 1 saturated heterocycles. The topological polar surface area (TPSA) is 33.1 Å². The summed E-state index contributed by atoms with van der Waals surface area (Å²) in [6.45, 7) is 4.64. The standard InChI is InChI=1S/C14H26N4/c1-17(11-14-10-16-18(2)12-14)8-4-6-13-5-3-7-15-9-13/h10,12-13,15H,3-9,11H2,1-2H3. The van der Waals surface area contributed by atoms with Gasteiger partial charge in [0.1, 0.15) is 0 Å². The largest absolute Gasteiger partial charge is 0.316 e. The summed E-state index contributed by atoms with van der Waals surface area (Å²) in [6, 6.07) is 0. The van der Waals surface area contributed by atoms with Gasteiger partial charge in [-0.15, -0.1) is 0 Å². The zero-order chi connectivity index (χ0) is 12.8. The lowest BCUT2D eigenvalue weighted by Gasteiger charge is -2.23. The predicted octanol–water partition coefficient (Wildman–Crippen LogP) is 1.63. The Kier molecular flexibility index (Phi) is 5.20. The molecule has 1 aromatic heterocycles. The lowest BCUT2D eigenvalue weighted by molar-refractivity contribution is 0.287. The van der Waals surface area contributed by atoms with Crippen LogP contribution in [-0.4, -0.2) is 41.4 Å². The lowest BCUT2D eigenvalue weighted by Crippen LogP contribution is -2.30. The van der Waals surface area contributed by atoms with E-state index in [-0.39, 0.29) is 0 Å². The van der Waals surface area contributed by atoms with Crippen LogP contribution in [0.15, 0.2) is 12.4 Å². The Morgan fingerprint density at radius 1 is 1.56 bits per heavy atom. The third-order valence-corrected chi connectivity index (χ3v) is 3.76. The third kappa shape index (κ3) is 4.42. The van der Waals surface area contributed by atoms with Crippen molar-refractivity contribution in [1.29, 1.82) is 0 Å². The number of aryl methyl sites for hydroxylation is 1. The van der Waals surface area contributed by atoms with Gasteiger partial charge in [-0.1, -0.05) is 0 Å². The molecular formula is C14H26N4. The maximum Gasteiger partial charge on any atom is 0.0534 e. The maximum atomic E-state index is 4.21. The molecule has 4 heteroatoms. The van der Waals surface area contributed by atoms with Crippen molar-refractivity contribution in [3.8, 4) is 0 Å². The molecule has 0 radical (unpaired) electrons. The van der Waals surface area contributed by atoms with Crippen molar-refractivity contribution >= 4 is 0 Å². The van der Waals surface area contributed by atoms with Crippen molar-refractivity contribution in [2.24, 2.45) is 13.0 Å². The molecule has 2 rings (SSSR count). The van der Waals surface area contributed by atoms with E-state index < -0.39 is 0 Å². The van der Waals surface area contributed by atoms with Crippen LogP contribution in [-0.2, 0) is 13.6 Å². The molecule has 1 fully saturated rings. The summed E-state index contributed by atoms with van der Waals surface area (Å²) in [5.74, 6) is 0.908. The van der Waals surface area contributed by atoms with E-state index in [4.69, 9.17) is 0 Å². The van der Waals surface area contributed by atoms with Crippen LogP contribution < -0.4 is 5.32 Å². The van der Waals surface area contributed by atoms with Gasteiger partial charge in [0, 0.05) is 25.4 Å². The highest BCUT2D eigenvalue weighted by Gasteiger charge is 2.12. The second-order valence-electron chi connectivity index (χ2n) is 5.61. The quantitative estimate of drug-likeness (QED) is 0.833. The Balaban J connectivity index is 1.60. The number of rotatable bonds is 6. The molecule has 2 heterocycles. The average molecular weight is 250 g/mol. The first kappa shape index (κ1) is 13.6. The van der Waals surface area contributed by atoms with Crippen LogP contribution in [0.1, 0.15) is 31.2 Å². The van der Waals surface area contributed by atoms with Crippen LogP contribution in [0.5, 0.6) is 0 Å². The molecule has 1 aliphatic rings. The number of piperidine rings is 1. The minimum Gasteiger partial charge on any atom is -0.316 e. The van der Waals surface area contributed by atoms with E-state index in [9.17, 15) is 0 Å². The van der Waals surface area contributed by atoms with Crippen molar-refractivity contribution in [2.45, 2.75) is 32.2 Å².